The minimum absolute atomic E-state index is 0.00712. The summed E-state index contributed by atoms with van der Waals surface area (Å²) in [4.78, 5) is 20.1. The maximum Gasteiger partial charge on any atom is 0.416 e. The number of hydrogen-bond donors (Lipinski definition) is 0. The Balaban J connectivity index is 1.42. The Bertz CT molecular complexity index is 1260. The van der Waals surface area contributed by atoms with E-state index < -0.39 is 29.8 Å². The maximum absolute atomic E-state index is 15.3. The van der Waals surface area contributed by atoms with Gasteiger partial charge in [0.25, 0.3) is 5.56 Å². The van der Waals surface area contributed by atoms with E-state index in [0.29, 0.717) is 12.1 Å². The van der Waals surface area contributed by atoms with Crippen LogP contribution in [0.1, 0.15) is 27.9 Å². The summed E-state index contributed by atoms with van der Waals surface area (Å²) >= 11 is 0. The van der Waals surface area contributed by atoms with Crippen LogP contribution in [0.2, 0.25) is 0 Å². The molecule has 5 rings (SSSR count). The molecule has 1 aromatic heterocycles. The number of alkyl halides is 5. The van der Waals surface area contributed by atoms with Gasteiger partial charge in [-0.2, -0.15) is 26.9 Å². The highest BCUT2D eigenvalue weighted by Gasteiger charge is 2.46. The Morgan fingerprint density at radius 3 is 2.26 bits per heavy atom. The lowest BCUT2D eigenvalue weighted by Gasteiger charge is -2.35. The van der Waals surface area contributed by atoms with Crippen molar-refractivity contribution in [2.24, 2.45) is 0 Å². The first kappa shape index (κ1) is 22.5. The van der Waals surface area contributed by atoms with Gasteiger partial charge in [0.2, 0.25) is 5.95 Å². The lowest BCUT2D eigenvalue weighted by Crippen LogP contribution is -2.45. The molecule has 0 aliphatic carbocycles. The summed E-state index contributed by atoms with van der Waals surface area (Å²) in [5.41, 5.74) is -0.332. The highest BCUT2D eigenvalue weighted by Crippen LogP contribution is 2.39. The normalized spacial score (nSPS) is 17.5. The molecule has 0 radical (unpaired) electrons. The van der Waals surface area contributed by atoms with Crippen LogP contribution in [0, 0.1) is 0 Å². The Morgan fingerprint density at radius 2 is 1.59 bits per heavy atom. The molecule has 5 nitrogen and oxygen atoms in total. The van der Waals surface area contributed by atoms with Crippen LogP contribution in [-0.2, 0) is 38.3 Å². The standard InChI is InChI=1S/C24H21F5N4O/c25-23(26)15-31(12-16-4-2-1-3-5-16)14-19-20(23)33-11-10-32(22(33)30-21(19)34)13-17-6-8-18(9-7-17)24(27,28)29/h1-9H,10-15H2. The van der Waals surface area contributed by atoms with Crippen molar-refractivity contribution in [1.82, 2.24) is 14.5 Å². The molecule has 0 N–H and O–H groups in total. The molecule has 0 fully saturated rings. The fourth-order valence-electron chi connectivity index (χ4n) is 4.68. The lowest BCUT2D eigenvalue weighted by atomic mass is 10.0. The zero-order valence-electron chi connectivity index (χ0n) is 18.0. The molecule has 0 atom stereocenters. The van der Waals surface area contributed by atoms with Gasteiger partial charge < -0.3 is 9.47 Å². The van der Waals surface area contributed by atoms with Crippen LogP contribution in [0.5, 0.6) is 0 Å². The molecule has 178 valence electrons. The third-order valence-electron chi connectivity index (χ3n) is 6.19. The van der Waals surface area contributed by atoms with Gasteiger partial charge in [-0.1, -0.05) is 42.5 Å². The minimum Gasteiger partial charge on any atom is -0.336 e. The third-order valence-corrected chi connectivity index (χ3v) is 6.19. The lowest BCUT2D eigenvalue weighted by molar-refractivity contribution is -0.137. The molecule has 3 heterocycles. The van der Waals surface area contributed by atoms with E-state index in [2.05, 4.69) is 4.98 Å². The number of aromatic nitrogens is 2. The van der Waals surface area contributed by atoms with Crippen LogP contribution < -0.4 is 10.5 Å². The van der Waals surface area contributed by atoms with Gasteiger partial charge in [0, 0.05) is 32.7 Å². The molecule has 0 amide bonds. The number of anilines is 1. The van der Waals surface area contributed by atoms with Gasteiger partial charge in [-0.15, -0.1) is 0 Å². The summed E-state index contributed by atoms with van der Waals surface area (Å²) in [6.07, 6.45) is -4.44. The molecule has 2 aliphatic rings. The molecule has 0 saturated heterocycles. The highest BCUT2D eigenvalue weighted by molar-refractivity contribution is 5.43. The molecule has 2 aliphatic heterocycles. The SMILES string of the molecule is O=c1nc2n(c3c1CN(Cc1ccccc1)CC3(F)F)CCN2Cc1ccc(C(F)(F)F)cc1. The quantitative estimate of drug-likeness (QED) is 0.524. The van der Waals surface area contributed by atoms with Crippen molar-refractivity contribution >= 4 is 5.95 Å². The van der Waals surface area contributed by atoms with Crippen molar-refractivity contribution in [3.05, 3.63) is 92.9 Å². The van der Waals surface area contributed by atoms with E-state index in [4.69, 9.17) is 0 Å². The summed E-state index contributed by atoms with van der Waals surface area (Å²) < 4.78 is 70.5. The topological polar surface area (TPSA) is 41.4 Å². The van der Waals surface area contributed by atoms with Crippen molar-refractivity contribution < 1.29 is 22.0 Å². The Labute approximate surface area is 192 Å². The largest absolute Gasteiger partial charge is 0.416 e. The monoisotopic (exact) mass is 476 g/mol. The molecule has 0 saturated carbocycles. The maximum atomic E-state index is 15.3. The Hall–Kier alpha value is -3.27. The number of halogens is 5. The van der Waals surface area contributed by atoms with E-state index in [1.807, 2.05) is 30.3 Å². The average molecular weight is 476 g/mol. The summed E-state index contributed by atoms with van der Waals surface area (Å²) in [6, 6.07) is 13.9. The van der Waals surface area contributed by atoms with Gasteiger partial charge in [0.15, 0.2) is 0 Å². The predicted octanol–water partition coefficient (Wildman–Crippen LogP) is 4.39. The molecule has 0 bridgehead atoms. The van der Waals surface area contributed by atoms with E-state index in [0.717, 1.165) is 17.7 Å². The van der Waals surface area contributed by atoms with Gasteiger partial charge in [-0.05, 0) is 23.3 Å². The number of hydrogen-bond acceptors (Lipinski definition) is 4. The van der Waals surface area contributed by atoms with Crippen LogP contribution in [0.15, 0.2) is 59.4 Å². The van der Waals surface area contributed by atoms with Crippen molar-refractivity contribution in [2.75, 3.05) is 18.0 Å². The van der Waals surface area contributed by atoms with Crippen LogP contribution in [0.3, 0.4) is 0 Å². The fourth-order valence-corrected chi connectivity index (χ4v) is 4.68. The number of benzene rings is 2. The zero-order chi connectivity index (χ0) is 24.1. The van der Waals surface area contributed by atoms with E-state index >= 15 is 8.78 Å². The Kier molecular flexibility index (Phi) is 5.43. The van der Waals surface area contributed by atoms with E-state index in [-0.39, 0.29) is 43.4 Å². The van der Waals surface area contributed by atoms with Crippen LogP contribution >= 0.6 is 0 Å². The van der Waals surface area contributed by atoms with Gasteiger partial charge in [0.1, 0.15) is 5.69 Å². The molecule has 2 aromatic carbocycles. The van der Waals surface area contributed by atoms with Crippen molar-refractivity contribution in [1.29, 1.82) is 0 Å². The summed E-state index contributed by atoms with van der Waals surface area (Å²) in [6.45, 7) is 0.557. The van der Waals surface area contributed by atoms with Crippen LogP contribution in [0.25, 0.3) is 0 Å². The second kappa shape index (κ2) is 8.19. The van der Waals surface area contributed by atoms with E-state index in [1.54, 1.807) is 9.80 Å². The van der Waals surface area contributed by atoms with Crippen molar-refractivity contribution in [2.45, 2.75) is 38.3 Å². The van der Waals surface area contributed by atoms with Gasteiger partial charge in [0.05, 0.1) is 17.7 Å². The molecular weight excluding hydrogens is 455 g/mol. The summed E-state index contributed by atoms with van der Waals surface area (Å²) in [7, 11) is 0. The van der Waals surface area contributed by atoms with E-state index in [9.17, 15) is 18.0 Å². The van der Waals surface area contributed by atoms with Gasteiger partial charge >= 0.3 is 12.1 Å². The predicted molar refractivity (Wildman–Crippen MR) is 115 cm³/mol. The first-order valence-electron chi connectivity index (χ1n) is 10.8. The van der Waals surface area contributed by atoms with Gasteiger partial charge in [-0.25, -0.2) is 0 Å². The molecule has 3 aromatic rings. The van der Waals surface area contributed by atoms with Crippen molar-refractivity contribution in [3.63, 3.8) is 0 Å². The third kappa shape index (κ3) is 4.18. The first-order valence-corrected chi connectivity index (χ1v) is 10.8. The molecule has 34 heavy (non-hydrogen) atoms. The number of fused-ring (bicyclic) bond motifs is 3. The minimum atomic E-state index is -4.44. The molecular formula is C24H21F5N4O. The van der Waals surface area contributed by atoms with Crippen molar-refractivity contribution in [3.8, 4) is 0 Å². The summed E-state index contributed by atoms with van der Waals surface area (Å²) in [5.74, 6) is -3.12. The average Bonchev–Trinajstić information content (AvgIpc) is 3.15. The first-order chi connectivity index (χ1) is 16.1. The number of rotatable bonds is 4. The second-order valence-electron chi connectivity index (χ2n) is 8.65. The highest BCUT2D eigenvalue weighted by atomic mass is 19.4. The van der Waals surface area contributed by atoms with Crippen LogP contribution in [0.4, 0.5) is 27.9 Å². The second-order valence-corrected chi connectivity index (χ2v) is 8.65. The number of nitrogens with zero attached hydrogens (tertiary/aromatic N) is 4. The van der Waals surface area contributed by atoms with E-state index in [1.165, 1.54) is 16.7 Å². The molecule has 10 heteroatoms. The Morgan fingerprint density at radius 1 is 0.912 bits per heavy atom. The summed E-state index contributed by atoms with van der Waals surface area (Å²) in [5, 5.41) is 0. The molecule has 0 spiro atoms. The fraction of sp³-hybridized carbons (Fsp3) is 0.333. The smallest absolute Gasteiger partial charge is 0.336 e. The molecule has 0 unspecified atom stereocenters. The van der Waals surface area contributed by atoms with Crippen LogP contribution in [-0.4, -0.2) is 27.5 Å². The van der Waals surface area contributed by atoms with Gasteiger partial charge in [-0.3, -0.25) is 9.69 Å². The zero-order valence-corrected chi connectivity index (χ0v) is 18.0.